The smallest absolute Gasteiger partial charge is 0.336 e. The summed E-state index contributed by atoms with van der Waals surface area (Å²) in [5.41, 5.74) is 0.315. The molecule has 0 unspecified atom stereocenters. The number of pyridine rings is 1. The Morgan fingerprint density at radius 3 is 2.58 bits per heavy atom. The van der Waals surface area contributed by atoms with Crippen LogP contribution in [0.15, 0.2) is 18.2 Å². The number of halogens is 2. The molecule has 0 amide bonds. The lowest BCUT2D eigenvalue weighted by Gasteiger charge is -2.12. The van der Waals surface area contributed by atoms with Crippen LogP contribution in [0.1, 0.15) is 35.8 Å². The molecule has 19 heavy (non-hydrogen) atoms. The number of hydrogen-bond acceptors (Lipinski definition) is 2. The zero-order valence-electron chi connectivity index (χ0n) is 10.2. The minimum absolute atomic E-state index is 0.0560. The first-order valence-electron chi connectivity index (χ1n) is 5.94. The van der Waals surface area contributed by atoms with Gasteiger partial charge in [-0.25, -0.2) is 13.6 Å². The van der Waals surface area contributed by atoms with Crippen LogP contribution < -0.4 is 0 Å². The Balaban J connectivity index is 2.38. The van der Waals surface area contributed by atoms with Crippen molar-refractivity contribution in [2.45, 2.75) is 25.2 Å². The highest BCUT2D eigenvalue weighted by molar-refractivity contribution is 6.03. The normalized spacial score (nSPS) is 16.6. The summed E-state index contributed by atoms with van der Waals surface area (Å²) in [7, 11) is 0. The van der Waals surface area contributed by atoms with Crippen molar-refractivity contribution in [2.24, 2.45) is 0 Å². The van der Waals surface area contributed by atoms with Gasteiger partial charge in [-0.1, -0.05) is 6.92 Å². The van der Waals surface area contributed by atoms with E-state index >= 15 is 0 Å². The van der Waals surface area contributed by atoms with Crippen molar-refractivity contribution in [3.8, 4) is 0 Å². The van der Waals surface area contributed by atoms with Gasteiger partial charge in [-0.3, -0.25) is 4.98 Å². The Morgan fingerprint density at radius 1 is 1.32 bits per heavy atom. The Hall–Kier alpha value is -2.04. The van der Waals surface area contributed by atoms with Crippen LogP contribution in [0.2, 0.25) is 0 Å². The number of carboxylic acids is 1. The SMILES string of the molecule is CC1(c2cc(C(=O)O)c3c(F)cc(F)cc3n2)CC1. The molecule has 1 aromatic carbocycles. The molecule has 0 atom stereocenters. The summed E-state index contributed by atoms with van der Waals surface area (Å²) in [5, 5.41) is 9.06. The van der Waals surface area contributed by atoms with E-state index in [1.165, 1.54) is 6.07 Å². The van der Waals surface area contributed by atoms with Crippen molar-refractivity contribution in [3.63, 3.8) is 0 Å². The van der Waals surface area contributed by atoms with Gasteiger partial charge in [0, 0.05) is 23.2 Å². The largest absolute Gasteiger partial charge is 0.478 e. The zero-order valence-corrected chi connectivity index (χ0v) is 10.2. The Bertz CT molecular complexity index is 708. The minimum Gasteiger partial charge on any atom is -0.478 e. The van der Waals surface area contributed by atoms with Gasteiger partial charge in [-0.2, -0.15) is 0 Å². The maximum Gasteiger partial charge on any atom is 0.336 e. The van der Waals surface area contributed by atoms with Crippen molar-refractivity contribution in [1.29, 1.82) is 0 Å². The molecule has 0 aliphatic heterocycles. The molecular formula is C14H11F2NO2. The Labute approximate surface area is 107 Å². The summed E-state index contributed by atoms with van der Waals surface area (Å²) in [4.78, 5) is 15.5. The molecule has 0 radical (unpaired) electrons. The van der Waals surface area contributed by atoms with Crippen LogP contribution in [0.4, 0.5) is 8.78 Å². The average molecular weight is 263 g/mol. The number of hydrogen-bond donors (Lipinski definition) is 1. The number of benzene rings is 1. The molecule has 5 heteroatoms. The molecule has 3 rings (SSSR count). The first-order chi connectivity index (χ1) is 8.90. The molecule has 0 bridgehead atoms. The lowest BCUT2D eigenvalue weighted by Crippen LogP contribution is -2.09. The van der Waals surface area contributed by atoms with E-state index in [1.807, 2.05) is 6.92 Å². The summed E-state index contributed by atoms with van der Waals surface area (Å²) < 4.78 is 27.0. The van der Waals surface area contributed by atoms with Crippen LogP contribution in [0.5, 0.6) is 0 Å². The summed E-state index contributed by atoms with van der Waals surface area (Å²) in [6.07, 6.45) is 1.81. The van der Waals surface area contributed by atoms with E-state index in [9.17, 15) is 18.7 Å². The average Bonchev–Trinajstić information content (AvgIpc) is 3.06. The number of aromatic nitrogens is 1. The van der Waals surface area contributed by atoms with Crippen LogP contribution in [0.3, 0.4) is 0 Å². The van der Waals surface area contributed by atoms with Gasteiger partial charge in [-0.05, 0) is 18.9 Å². The monoisotopic (exact) mass is 263 g/mol. The molecule has 1 aliphatic carbocycles. The van der Waals surface area contributed by atoms with Gasteiger partial charge in [0.1, 0.15) is 11.6 Å². The third kappa shape index (κ3) is 1.85. The lowest BCUT2D eigenvalue weighted by atomic mass is 9.99. The number of nitrogens with zero attached hydrogens (tertiary/aromatic N) is 1. The highest BCUT2D eigenvalue weighted by Crippen LogP contribution is 2.47. The van der Waals surface area contributed by atoms with Gasteiger partial charge in [-0.15, -0.1) is 0 Å². The minimum atomic E-state index is -1.23. The summed E-state index contributed by atoms with van der Waals surface area (Å²) in [6, 6.07) is 3.15. The predicted molar refractivity (Wildman–Crippen MR) is 65.2 cm³/mol. The molecule has 1 fully saturated rings. The molecule has 1 aromatic heterocycles. The van der Waals surface area contributed by atoms with Crippen LogP contribution in [-0.2, 0) is 5.41 Å². The van der Waals surface area contributed by atoms with Gasteiger partial charge in [0.2, 0.25) is 0 Å². The standard InChI is InChI=1S/C14H11F2NO2/c1-14(2-3-14)11-6-8(13(18)19)12-9(16)4-7(15)5-10(12)17-11/h4-6H,2-3H2,1H3,(H,18,19). The van der Waals surface area contributed by atoms with Crippen molar-refractivity contribution >= 4 is 16.9 Å². The second kappa shape index (κ2) is 3.73. The second-order valence-electron chi connectivity index (χ2n) is 5.20. The summed E-state index contributed by atoms with van der Waals surface area (Å²) in [6.45, 7) is 1.96. The first-order valence-corrected chi connectivity index (χ1v) is 5.94. The summed E-state index contributed by atoms with van der Waals surface area (Å²) >= 11 is 0. The molecular weight excluding hydrogens is 252 g/mol. The fourth-order valence-electron chi connectivity index (χ4n) is 2.21. The highest BCUT2D eigenvalue weighted by Gasteiger charge is 2.41. The number of aromatic carboxylic acids is 1. The zero-order chi connectivity index (χ0) is 13.8. The third-order valence-corrected chi connectivity index (χ3v) is 3.67. The molecule has 1 saturated carbocycles. The topological polar surface area (TPSA) is 50.2 Å². The molecule has 1 N–H and O–H groups in total. The fourth-order valence-corrected chi connectivity index (χ4v) is 2.21. The van der Waals surface area contributed by atoms with Crippen LogP contribution in [0.25, 0.3) is 10.9 Å². The van der Waals surface area contributed by atoms with Gasteiger partial charge in [0.25, 0.3) is 0 Å². The van der Waals surface area contributed by atoms with Crippen LogP contribution in [-0.4, -0.2) is 16.1 Å². The van der Waals surface area contributed by atoms with E-state index in [2.05, 4.69) is 4.98 Å². The number of carbonyl (C=O) groups is 1. The maximum atomic E-state index is 13.8. The van der Waals surface area contributed by atoms with Gasteiger partial charge < -0.3 is 5.11 Å². The van der Waals surface area contributed by atoms with E-state index in [-0.39, 0.29) is 21.9 Å². The van der Waals surface area contributed by atoms with Crippen LogP contribution >= 0.6 is 0 Å². The Morgan fingerprint density at radius 2 is 2.00 bits per heavy atom. The highest BCUT2D eigenvalue weighted by atomic mass is 19.1. The van der Waals surface area contributed by atoms with Crippen LogP contribution in [0, 0.1) is 11.6 Å². The molecule has 2 aromatic rings. The molecule has 1 aliphatic rings. The van der Waals surface area contributed by atoms with E-state index < -0.39 is 17.6 Å². The lowest BCUT2D eigenvalue weighted by molar-refractivity contribution is 0.0698. The fraction of sp³-hybridized carbons (Fsp3) is 0.286. The predicted octanol–water partition coefficient (Wildman–Crippen LogP) is 3.26. The second-order valence-corrected chi connectivity index (χ2v) is 5.20. The van der Waals surface area contributed by atoms with Crippen molar-refractivity contribution in [3.05, 3.63) is 41.1 Å². The van der Waals surface area contributed by atoms with Crippen molar-refractivity contribution < 1.29 is 18.7 Å². The van der Waals surface area contributed by atoms with Gasteiger partial charge >= 0.3 is 5.97 Å². The first kappa shape index (κ1) is 12.0. The molecule has 0 spiro atoms. The third-order valence-electron chi connectivity index (χ3n) is 3.67. The van der Waals surface area contributed by atoms with Crippen molar-refractivity contribution in [1.82, 2.24) is 4.98 Å². The van der Waals surface area contributed by atoms with E-state index in [0.717, 1.165) is 18.9 Å². The quantitative estimate of drug-likeness (QED) is 0.904. The van der Waals surface area contributed by atoms with E-state index in [4.69, 9.17) is 0 Å². The van der Waals surface area contributed by atoms with E-state index in [0.29, 0.717) is 11.8 Å². The van der Waals surface area contributed by atoms with Gasteiger partial charge in [0.05, 0.1) is 16.5 Å². The van der Waals surface area contributed by atoms with Gasteiger partial charge in [0.15, 0.2) is 0 Å². The molecule has 3 nitrogen and oxygen atoms in total. The molecule has 98 valence electrons. The molecule has 1 heterocycles. The Kier molecular flexibility index (Phi) is 2.36. The van der Waals surface area contributed by atoms with E-state index in [1.54, 1.807) is 0 Å². The number of fused-ring (bicyclic) bond motifs is 1. The van der Waals surface area contributed by atoms with Crippen molar-refractivity contribution in [2.75, 3.05) is 0 Å². The maximum absolute atomic E-state index is 13.8. The molecule has 0 saturated heterocycles. The number of rotatable bonds is 2. The summed E-state index contributed by atoms with van der Waals surface area (Å²) in [5.74, 6) is -2.89. The number of carboxylic acid groups (broad SMARTS) is 1.